The number of hydrogen-bond acceptors (Lipinski definition) is 6. The van der Waals surface area contributed by atoms with E-state index in [9.17, 15) is 9.59 Å². The van der Waals surface area contributed by atoms with Crippen LogP contribution in [0.4, 0.5) is 0 Å². The molecule has 174 valence electrons. The summed E-state index contributed by atoms with van der Waals surface area (Å²) in [4.78, 5) is 30.1. The maximum Gasteiger partial charge on any atom is 0.266 e. The molecule has 0 spiro atoms. The first-order valence-electron chi connectivity index (χ1n) is 11.0. The second-order valence-corrected chi connectivity index (χ2v) is 10.9. The quantitative estimate of drug-likeness (QED) is 0.419. The minimum Gasteiger partial charge on any atom is -0.378 e. The van der Waals surface area contributed by atoms with Crippen LogP contribution in [0.15, 0.2) is 33.8 Å². The first kappa shape index (κ1) is 23.0. The first-order chi connectivity index (χ1) is 16.0. The van der Waals surface area contributed by atoms with Crippen LogP contribution in [0.5, 0.6) is 0 Å². The molecular formula is C23H24BrN3O4S2. The highest BCUT2D eigenvalue weighted by Gasteiger charge is 2.34. The minimum absolute atomic E-state index is 0.0518. The third kappa shape index (κ3) is 4.90. The second kappa shape index (κ2) is 9.87. The van der Waals surface area contributed by atoms with Gasteiger partial charge in [-0.2, -0.15) is 0 Å². The van der Waals surface area contributed by atoms with Gasteiger partial charge in [-0.25, -0.2) is 0 Å². The van der Waals surface area contributed by atoms with Crippen LogP contribution < -0.4 is 0 Å². The molecular weight excluding hydrogens is 526 g/mol. The van der Waals surface area contributed by atoms with Crippen molar-refractivity contribution in [1.82, 2.24) is 14.4 Å². The molecule has 0 radical (unpaired) electrons. The summed E-state index contributed by atoms with van der Waals surface area (Å²) in [5, 5.41) is 0.976. The number of thioether (sulfide) groups is 1. The standard InChI is InChI=1S/C23H24BrN3O4S2/c24-16-3-4-19-18(11-16)15(12-26(19)14-21(28)25-5-8-30-9-6-25)10-20-22(29)27(23(32)33-20)13-17-2-1-7-31-17/h3-4,10-12,17H,1-2,5-9,13-14H2/b20-10-/t17-/m1/s1. The molecule has 0 N–H and O–H groups in total. The Labute approximate surface area is 210 Å². The number of halogens is 1. The van der Waals surface area contributed by atoms with E-state index in [1.165, 1.54) is 11.8 Å². The Morgan fingerprint density at radius 2 is 2.09 bits per heavy atom. The van der Waals surface area contributed by atoms with Crippen molar-refractivity contribution in [3.8, 4) is 0 Å². The SMILES string of the molecule is O=C(Cn1cc(/C=C2\SC(=S)N(C[C@H]3CCCO3)C2=O)c2cc(Br)ccc21)N1CCOCC1. The van der Waals surface area contributed by atoms with E-state index < -0.39 is 0 Å². The van der Waals surface area contributed by atoms with Gasteiger partial charge >= 0.3 is 0 Å². The van der Waals surface area contributed by atoms with Gasteiger partial charge in [0, 0.05) is 46.8 Å². The molecule has 1 aromatic heterocycles. The highest BCUT2D eigenvalue weighted by Crippen LogP contribution is 2.35. The van der Waals surface area contributed by atoms with Crippen molar-refractivity contribution < 1.29 is 19.1 Å². The van der Waals surface area contributed by atoms with E-state index in [-0.39, 0.29) is 24.5 Å². The van der Waals surface area contributed by atoms with E-state index >= 15 is 0 Å². The summed E-state index contributed by atoms with van der Waals surface area (Å²) in [6.45, 7) is 3.86. The molecule has 3 aliphatic heterocycles. The molecule has 0 unspecified atom stereocenters. The number of morpholine rings is 1. The Morgan fingerprint density at radius 1 is 1.27 bits per heavy atom. The predicted octanol–water partition coefficient (Wildman–Crippen LogP) is 3.64. The van der Waals surface area contributed by atoms with Crippen LogP contribution in [0.2, 0.25) is 0 Å². The summed E-state index contributed by atoms with van der Waals surface area (Å²) in [7, 11) is 0. The predicted molar refractivity (Wildman–Crippen MR) is 136 cm³/mol. The highest BCUT2D eigenvalue weighted by molar-refractivity contribution is 9.10. The molecule has 2 amide bonds. The number of ether oxygens (including phenoxy) is 2. The van der Waals surface area contributed by atoms with Crippen molar-refractivity contribution >= 4 is 73.0 Å². The number of carbonyl (C=O) groups is 2. The number of amides is 2. The van der Waals surface area contributed by atoms with Crippen molar-refractivity contribution in [3.63, 3.8) is 0 Å². The summed E-state index contributed by atoms with van der Waals surface area (Å²) < 4.78 is 14.5. The zero-order chi connectivity index (χ0) is 22.9. The molecule has 10 heteroatoms. The van der Waals surface area contributed by atoms with E-state index in [4.69, 9.17) is 21.7 Å². The summed E-state index contributed by atoms with van der Waals surface area (Å²) in [5.41, 5.74) is 1.83. The minimum atomic E-state index is -0.0826. The Balaban J connectivity index is 1.42. The van der Waals surface area contributed by atoms with E-state index in [1.807, 2.05) is 39.9 Å². The lowest BCUT2D eigenvalue weighted by atomic mass is 10.1. The van der Waals surface area contributed by atoms with Crippen LogP contribution >= 0.6 is 39.9 Å². The molecule has 1 aromatic carbocycles. The maximum atomic E-state index is 13.1. The largest absolute Gasteiger partial charge is 0.378 e. The average molecular weight is 551 g/mol. The second-order valence-electron chi connectivity index (χ2n) is 8.29. The van der Waals surface area contributed by atoms with E-state index in [0.29, 0.717) is 42.1 Å². The van der Waals surface area contributed by atoms with Crippen LogP contribution in [0.3, 0.4) is 0 Å². The van der Waals surface area contributed by atoms with Crippen molar-refractivity contribution in [2.45, 2.75) is 25.5 Å². The first-order valence-corrected chi connectivity index (χ1v) is 13.0. The Hall–Kier alpha value is -1.72. The number of benzene rings is 1. The lowest BCUT2D eigenvalue weighted by Crippen LogP contribution is -2.42. The Kier molecular flexibility index (Phi) is 6.89. The monoisotopic (exact) mass is 549 g/mol. The normalized spacial score (nSPS) is 22.8. The number of fused-ring (bicyclic) bond motifs is 1. The molecule has 33 heavy (non-hydrogen) atoms. The Bertz CT molecular complexity index is 1140. The number of hydrogen-bond donors (Lipinski definition) is 0. The van der Waals surface area contributed by atoms with Gasteiger partial charge in [0.2, 0.25) is 5.91 Å². The Morgan fingerprint density at radius 3 is 2.85 bits per heavy atom. The molecule has 0 aliphatic carbocycles. The number of nitrogens with zero attached hydrogens (tertiary/aromatic N) is 3. The van der Waals surface area contributed by atoms with Gasteiger partial charge in [0.25, 0.3) is 5.91 Å². The molecule has 5 rings (SSSR count). The molecule has 3 aliphatic rings. The van der Waals surface area contributed by atoms with Crippen LogP contribution in [-0.2, 0) is 25.6 Å². The summed E-state index contributed by atoms with van der Waals surface area (Å²) in [6.07, 6.45) is 5.86. The third-order valence-corrected chi connectivity index (χ3v) is 7.98. The van der Waals surface area contributed by atoms with Crippen LogP contribution in [-0.4, -0.2) is 76.1 Å². The van der Waals surface area contributed by atoms with E-state index in [1.54, 1.807) is 4.90 Å². The fourth-order valence-electron chi connectivity index (χ4n) is 4.39. The van der Waals surface area contributed by atoms with Gasteiger partial charge in [0.15, 0.2) is 0 Å². The molecule has 0 bridgehead atoms. The van der Waals surface area contributed by atoms with Crippen molar-refractivity contribution in [1.29, 1.82) is 0 Å². The van der Waals surface area contributed by atoms with Crippen LogP contribution in [0.25, 0.3) is 17.0 Å². The smallest absolute Gasteiger partial charge is 0.266 e. The van der Waals surface area contributed by atoms with Gasteiger partial charge in [-0.05, 0) is 37.1 Å². The van der Waals surface area contributed by atoms with Gasteiger partial charge in [0.05, 0.1) is 30.8 Å². The van der Waals surface area contributed by atoms with Gasteiger partial charge in [0.1, 0.15) is 10.9 Å². The highest BCUT2D eigenvalue weighted by atomic mass is 79.9. The molecule has 4 heterocycles. The summed E-state index contributed by atoms with van der Waals surface area (Å²) >= 11 is 10.4. The number of thiocarbonyl (C=S) groups is 1. The van der Waals surface area contributed by atoms with Gasteiger partial charge in [-0.15, -0.1) is 0 Å². The lowest BCUT2D eigenvalue weighted by molar-refractivity contribution is -0.135. The molecule has 3 fully saturated rings. The number of rotatable bonds is 5. The third-order valence-electron chi connectivity index (χ3n) is 6.11. The van der Waals surface area contributed by atoms with E-state index in [0.717, 1.165) is 40.4 Å². The summed E-state index contributed by atoms with van der Waals surface area (Å²) in [6, 6.07) is 5.97. The van der Waals surface area contributed by atoms with Gasteiger partial charge in [-0.3, -0.25) is 14.5 Å². The van der Waals surface area contributed by atoms with Crippen LogP contribution in [0.1, 0.15) is 18.4 Å². The zero-order valence-corrected chi connectivity index (χ0v) is 21.2. The zero-order valence-electron chi connectivity index (χ0n) is 18.0. The number of carbonyl (C=O) groups excluding carboxylic acids is 2. The lowest BCUT2D eigenvalue weighted by Gasteiger charge is -2.27. The molecule has 1 atom stereocenters. The van der Waals surface area contributed by atoms with Crippen LogP contribution in [0, 0.1) is 0 Å². The molecule has 0 saturated carbocycles. The molecule has 3 saturated heterocycles. The fourth-order valence-corrected chi connectivity index (χ4v) is 6.02. The van der Waals surface area contributed by atoms with Gasteiger partial charge < -0.3 is 18.9 Å². The summed E-state index contributed by atoms with van der Waals surface area (Å²) in [5.74, 6) is -0.0200. The van der Waals surface area contributed by atoms with Crippen molar-refractivity contribution in [2.75, 3.05) is 39.5 Å². The maximum absolute atomic E-state index is 13.1. The molecule has 7 nitrogen and oxygen atoms in total. The fraction of sp³-hybridized carbons (Fsp3) is 0.435. The topological polar surface area (TPSA) is 64.0 Å². The molecule has 2 aromatic rings. The number of aromatic nitrogens is 1. The van der Waals surface area contributed by atoms with Gasteiger partial charge in [-0.1, -0.05) is 39.9 Å². The average Bonchev–Trinajstić information content (AvgIpc) is 3.51. The van der Waals surface area contributed by atoms with E-state index in [2.05, 4.69) is 15.9 Å². The van der Waals surface area contributed by atoms with Crippen molar-refractivity contribution in [2.24, 2.45) is 0 Å². The van der Waals surface area contributed by atoms with Crippen molar-refractivity contribution in [3.05, 3.63) is 39.3 Å².